The van der Waals surface area contributed by atoms with E-state index in [9.17, 15) is 18.3 Å². The van der Waals surface area contributed by atoms with Crippen molar-refractivity contribution in [1.82, 2.24) is 4.57 Å². The highest BCUT2D eigenvalue weighted by molar-refractivity contribution is 7.99. The van der Waals surface area contributed by atoms with Crippen molar-refractivity contribution in [2.45, 2.75) is 60.8 Å². The molecule has 0 atom stereocenters. The number of benzene rings is 2. The van der Waals surface area contributed by atoms with Gasteiger partial charge in [0, 0.05) is 38.4 Å². The molecule has 1 aromatic heterocycles. The van der Waals surface area contributed by atoms with Crippen molar-refractivity contribution >= 4 is 61.1 Å². The Kier molecular flexibility index (Phi) is 7.07. The summed E-state index contributed by atoms with van der Waals surface area (Å²) in [6.45, 7) is 8.27. The van der Waals surface area contributed by atoms with Gasteiger partial charge in [0.05, 0.1) is 10.4 Å². The summed E-state index contributed by atoms with van der Waals surface area (Å²) in [4.78, 5) is 14.7. The highest BCUT2D eigenvalue weighted by Crippen LogP contribution is 2.46. The molecule has 1 aliphatic carbocycles. The van der Waals surface area contributed by atoms with Crippen molar-refractivity contribution in [3.8, 4) is 0 Å². The second-order valence-corrected chi connectivity index (χ2v) is 13.6. The van der Waals surface area contributed by atoms with Crippen molar-refractivity contribution in [2.75, 3.05) is 6.26 Å². The highest BCUT2D eigenvalue weighted by atomic mass is 32.2. The third-order valence-electron chi connectivity index (χ3n) is 6.28. The van der Waals surface area contributed by atoms with Gasteiger partial charge in [0.15, 0.2) is 9.84 Å². The molecular formula is C28H29NO4S3. The lowest BCUT2D eigenvalue weighted by atomic mass is 9.79. The van der Waals surface area contributed by atoms with Gasteiger partial charge in [-0.1, -0.05) is 69.0 Å². The van der Waals surface area contributed by atoms with Crippen LogP contribution in [0.1, 0.15) is 44.0 Å². The van der Waals surface area contributed by atoms with E-state index in [-0.39, 0.29) is 16.9 Å². The zero-order valence-electron chi connectivity index (χ0n) is 21.0. The second-order valence-electron chi connectivity index (χ2n) is 10.0. The van der Waals surface area contributed by atoms with Gasteiger partial charge >= 0.3 is 5.97 Å². The minimum atomic E-state index is -3.30. The summed E-state index contributed by atoms with van der Waals surface area (Å²) in [5.74, 6) is -0.916. The summed E-state index contributed by atoms with van der Waals surface area (Å²) in [6.07, 6.45) is 7.99. The van der Waals surface area contributed by atoms with Gasteiger partial charge in [0.1, 0.15) is 6.54 Å². The van der Waals surface area contributed by atoms with Crippen LogP contribution in [0.2, 0.25) is 0 Å². The van der Waals surface area contributed by atoms with Gasteiger partial charge in [-0.15, -0.1) is 0 Å². The average molecular weight is 540 g/mol. The van der Waals surface area contributed by atoms with E-state index in [1.165, 1.54) is 18.0 Å². The van der Waals surface area contributed by atoms with Gasteiger partial charge < -0.3 is 9.67 Å². The van der Waals surface area contributed by atoms with E-state index in [0.717, 1.165) is 48.0 Å². The monoisotopic (exact) mass is 539 g/mol. The van der Waals surface area contributed by atoms with E-state index < -0.39 is 15.8 Å². The van der Waals surface area contributed by atoms with E-state index in [1.807, 2.05) is 29.7 Å². The van der Waals surface area contributed by atoms with Crippen LogP contribution >= 0.6 is 24.0 Å². The van der Waals surface area contributed by atoms with Gasteiger partial charge in [0.2, 0.25) is 0 Å². The Morgan fingerprint density at radius 2 is 1.81 bits per heavy atom. The normalized spacial score (nSPS) is 14.4. The second kappa shape index (κ2) is 9.65. The van der Waals surface area contributed by atoms with Crippen molar-refractivity contribution < 1.29 is 18.3 Å². The summed E-state index contributed by atoms with van der Waals surface area (Å²) >= 11 is 7.31. The predicted molar refractivity (Wildman–Crippen MR) is 151 cm³/mol. The van der Waals surface area contributed by atoms with Crippen molar-refractivity contribution in [3.05, 3.63) is 71.4 Å². The summed E-state index contributed by atoms with van der Waals surface area (Å²) in [6, 6.07) is 10.9. The molecule has 3 aromatic rings. The number of carboxylic acid groups (broad SMARTS) is 1. The van der Waals surface area contributed by atoms with Crippen LogP contribution in [0.3, 0.4) is 0 Å². The van der Waals surface area contributed by atoms with Crippen LogP contribution < -0.4 is 0 Å². The average Bonchev–Trinajstić information content (AvgIpc) is 3.03. The minimum Gasteiger partial charge on any atom is -0.480 e. The summed E-state index contributed by atoms with van der Waals surface area (Å²) in [7, 11) is -3.30. The molecule has 0 radical (unpaired) electrons. The third kappa shape index (κ3) is 5.08. The minimum absolute atomic E-state index is 0.159. The highest BCUT2D eigenvalue weighted by Gasteiger charge is 2.28. The number of thiocarbonyl (C=S) groups is 1. The molecule has 0 aliphatic heterocycles. The molecule has 188 valence electrons. The van der Waals surface area contributed by atoms with Crippen LogP contribution in [0.5, 0.6) is 0 Å². The van der Waals surface area contributed by atoms with E-state index >= 15 is 0 Å². The largest absolute Gasteiger partial charge is 0.480 e. The Morgan fingerprint density at radius 1 is 1.14 bits per heavy atom. The van der Waals surface area contributed by atoms with Crippen LogP contribution in [0.15, 0.2) is 69.3 Å². The number of hydrogen-bond acceptors (Lipinski definition) is 5. The zero-order chi connectivity index (χ0) is 26.4. The maximum absolute atomic E-state index is 11.9. The topological polar surface area (TPSA) is 76.4 Å². The molecule has 2 aromatic carbocycles. The van der Waals surface area contributed by atoms with Crippen LogP contribution in [0.25, 0.3) is 16.5 Å². The lowest BCUT2D eigenvalue weighted by molar-refractivity contribution is -0.137. The van der Waals surface area contributed by atoms with E-state index in [0.29, 0.717) is 6.42 Å². The number of carboxylic acids is 1. The molecule has 5 nitrogen and oxygen atoms in total. The van der Waals surface area contributed by atoms with Crippen LogP contribution in [0.4, 0.5) is 0 Å². The Labute approximate surface area is 221 Å². The molecule has 0 amide bonds. The van der Waals surface area contributed by atoms with E-state index in [4.69, 9.17) is 12.2 Å². The fraction of sp³-hybridized carbons (Fsp3) is 0.286. The molecular weight excluding hydrogens is 511 g/mol. The number of fused-ring (bicyclic) bond motifs is 1. The lowest BCUT2D eigenvalue weighted by Crippen LogP contribution is -2.16. The summed E-state index contributed by atoms with van der Waals surface area (Å²) in [5.41, 5.74) is 4.67. The summed E-state index contributed by atoms with van der Waals surface area (Å²) in [5, 5.41) is 10.6. The van der Waals surface area contributed by atoms with Crippen molar-refractivity contribution in [1.29, 1.82) is 0 Å². The molecule has 0 saturated carbocycles. The van der Waals surface area contributed by atoms with Crippen molar-refractivity contribution in [2.24, 2.45) is 0 Å². The van der Waals surface area contributed by atoms with Gasteiger partial charge in [-0.05, 0) is 59.4 Å². The Morgan fingerprint density at radius 3 is 2.36 bits per heavy atom. The Hall–Kier alpha value is -2.68. The molecule has 0 spiro atoms. The fourth-order valence-corrected chi connectivity index (χ4v) is 6.51. The fourth-order valence-electron chi connectivity index (χ4n) is 4.54. The van der Waals surface area contributed by atoms with Crippen molar-refractivity contribution in [3.63, 3.8) is 0 Å². The first-order valence-corrected chi connectivity index (χ1v) is 14.7. The molecule has 8 heteroatoms. The number of allylic oxidation sites excluding steroid dienone is 4. The molecule has 36 heavy (non-hydrogen) atoms. The first kappa shape index (κ1) is 26.4. The Bertz CT molecular complexity index is 1550. The first-order valence-electron chi connectivity index (χ1n) is 11.6. The smallest absolute Gasteiger partial charge is 0.323 e. The maximum atomic E-state index is 11.9. The molecule has 4 rings (SSSR count). The SMILES string of the molecule is Cc1c(Sc2ccc(S(C)(=O)=O)cc2)c2c(C3=CC=CCC3=S)c(C(C)(C)C)ccc2n1CC(=O)O. The number of rotatable bonds is 6. The number of aromatic nitrogens is 1. The summed E-state index contributed by atoms with van der Waals surface area (Å²) < 4.78 is 25.7. The molecule has 0 unspecified atom stereocenters. The van der Waals surface area contributed by atoms with Crippen LogP contribution in [-0.4, -0.2) is 35.2 Å². The van der Waals surface area contributed by atoms with E-state index in [1.54, 1.807) is 24.3 Å². The number of sulfone groups is 1. The molecule has 0 fully saturated rings. The molecule has 1 heterocycles. The molecule has 0 saturated heterocycles. The van der Waals surface area contributed by atoms with Gasteiger partial charge in [-0.25, -0.2) is 8.42 Å². The third-order valence-corrected chi connectivity index (χ3v) is 9.01. The lowest BCUT2D eigenvalue weighted by Gasteiger charge is -2.26. The van der Waals surface area contributed by atoms with Gasteiger partial charge in [-0.2, -0.15) is 0 Å². The van der Waals surface area contributed by atoms with E-state index in [2.05, 4.69) is 32.9 Å². The van der Waals surface area contributed by atoms with Gasteiger partial charge in [0.25, 0.3) is 0 Å². The number of hydrogen-bond donors (Lipinski definition) is 1. The standard InChI is InChI=1S/C28H29NO4S3/c1-17-27(35-18-10-12-19(13-11-18)36(5,32)33)26-22(29(17)16-24(30)31)15-14-21(28(2,3)4)25(26)20-8-6-7-9-23(20)34/h6-8,10-15H,9,16H2,1-5H3,(H,30,31). The molecule has 1 N–H and O–H groups in total. The zero-order valence-corrected chi connectivity index (χ0v) is 23.4. The van der Waals surface area contributed by atoms with Crippen LogP contribution in [-0.2, 0) is 26.6 Å². The predicted octanol–water partition coefficient (Wildman–Crippen LogP) is 6.60. The van der Waals surface area contributed by atoms with Gasteiger partial charge in [-0.3, -0.25) is 4.79 Å². The molecule has 0 bridgehead atoms. The number of carbonyl (C=O) groups is 1. The first-order chi connectivity index (χ1) is 16.8. The number of aliphatic carboxylic acids is 1. The Balaban J connectivity index is 2.05. The quantitative estimate of drug-likeness (QED) is 0.356. The van der Waals surface area contributed by atoms with Crippen LogP contribution in [0, 0.1) is 6.92 Å². The maximum Gasteiger partial charge on any atom is 0.323 e. The number of nitrogens with zero attached hydrogens (tertiary/aromatic N) is 1. The molecule has 1 aliphatic rings.